The molecule has 1 aromatic heterocycles. The van der Waals surface area contributed by atoms with E-state index in [-0.39, 0.29) is 12.1 Å². The van der Waals surface area contributed by atoms with Gasteiger partial charge in [0.2, 0.25) is 0 Å². The number of alkyl carbamates (subject to hydrolysis) is 1. The van der Waals surface area contributed by atoms with Gasteiger partial charge in [0.1, 0.15) is 5.60 Å². The quantitative estimate of drug-likeness (QED) is 0.870. The zero-order valence-corrected chi connectivity index (χ0v) is 12.8. The minimum Gasteiger partial charge on any atom is -0.444 e. The molecule has 1 N–H and O–H groups in total. The van der Waals surface area contributed by atoms with Gasteiger partial charge in [-0.05, 0) is 46.5 Å². The molecule has 1 saturated carbocycles. The summed E-state index contributed by atoms with van der Waals surface area (Å²) in [5.41, 5.74) is 0.130. The summed E-state index contributed by atoms with van der Waals surface area (Å²) in [5, 5.41) is 7.14. The van der Waals surface area contributed by atoms with Gasteiger partial charge in [0.05, 0.1) is 17.8 Å². The van der Waals surface area contributed by atoms with E-state index >= 15 is 0 Å². The lowest BCUT2D eigenvalue weighted by molar-refractivity contribution is 0.0487. The predicted octanol–water partition coefficient (Wildman–Crippen LogP) is 2.70. The molecule has 1 heterocycles. The number of carbonyl (C=O) groups excluding carboxylic acids is 2. The first-order valence-electron chi connectivity index (χ1n) is 7.36. The SMILES string of the molecule is CC(C)(C)OC(=O)NC1CCC(n2cc(C=O)cn2)CC1. The van der Waals surface area contributed by atoms with Gasteiger partial charge < -0.3 is 10.1 Å². The van der Waals surface area contributed by atoms with Crippen LogP contribution >= 0.6 is 0 Å². The number of aldehydes is 1. The molecule has 0 spiro atoms. The van der Waals surface area contributed by atoms with E-state index in [1.54, 1.807) is 12.4 Å². The van der Waals surface area contributed by atoms with E-state index in [1.165, 1.54) is 0 Å². The van der Waals surface area contributed by atoms with Crippen molar-refractivity contribution in [3.63, 3.8) is 0 Å². The summed E-state index contributed by atoms with van der Waals surface area (Å²) in [5.74, 6) is 0. The Bertz CT molecular complexity index is 497. The topological polar surface area (TPSA) is 73.2 Å². The minimum absolute atomic E-state index is 0.150. The highest BCUT2D eigenvalue weighted by atomic mass is 16.6. The Labute approximate surface area is 124 Å². The number of rotatable bonds is 3. The lowest BCUT2D eigenvalue weighted by Gasteiger charge is -2.30. The number of ether oxygens (including phenoxy) is 1. The third kappa shape index (κ3) is 4.58. The Morgan fingerprint density at radius 2 is 2.05 bits per heavy atom. The molecule has 1 aliphatic carbocycles. The van der Waals surface area contributed by atoms with Crippen LogP contribution in [-0.4, -0.2) is 33.8 Å². The monoisotopic (exact) mass is 293 g/mol. The molecule has 0 unspecified atom stereocenters. The van der Waals surface area contributed by atoms with E-state index in [9.17, 15) is 9.59 Å². The van der Waals surface area contributed by atoms with Crippen molar-refractivity contribution in [1.82, 2.24) is 15.1 Å². The highest BCUT2D eigenvalue weighted by Gasteiger charge is 2.25. The molecule has 0 saturated heterocycles. The molecule has 116 valence electrons. The Balaban J connectivity index is 1.80. The fourth-order valence-corrected chi connectivity index (χ4v) is 2.57. The molecule has 0 atom stereocenters. The van der Waals surface area contributed by atoms with E-state index in [0.29, 0.717) is 11.6 Å². The first-order valence-corrected chi connectivity index (χ1v) is 7.36. The maximum absolute atomic E-state index is 11.7. The Hall–Kier alpha value is -1.85. The summed E-state index contributed by atoms with van der Waals surface area (Å²) < 4.78 is 7.12. The summed E-state index contributed by atoms with van der Waals surface area (Å²) in [6.07, 6.45) is 7.45. The van der Waals surface area contributed by atoms with Gasteiger partial charge in [-0.2, -0.15) is 5.10 Å². The molecule has 0 aliphatic heterocycles. The van der Waals surface area contributed by atoms with Crippen molar-refractivity contribution in [2.24, 2.45) is 0 Å². The number of carbonyl (C=O) groups is 2. The number of amides is 1. The molecule has 1 amide bonds. The van der Waals surface area contributed by atoms with Crippen LogP contribution < -0.4 is 5.32 Å². The van der Waals surface area contributed by atoms with Crippen LogP contribution in [0.1, 0.15) is 62.9 Å². The summed E-state index contributed by atoms with van der Waals surface area (Å²) in [7, 11) is 0. The van der Waals surface area contributed by atoms with Crippen LogP contribution in [0.15, 0.2) is 12.4 Å². The first kappa shape index (κ1) is 15.5. The van der Waals surface area contributed by atoms with E-state index in [2.05, 4.69) is 10.4 Å². The number of nitrogens with zero attached hydrogens (tertiary/aromatic N) is 2. The van der Waals surface area contributed by atoms with Crippen LogP contribution in [-0.2, 0) is 4.74 Å². The molecule has 0 aromatic carbocycles. The average molecular weight is 293 g/mol. The fraction of sp³-hybridized carbons (Fsp3) is 0.667. The van der Waals surface area contributed by atoms with Gasteiger partial charge in [0.25, 0.3) is 0 Å². The highest BCUT2D eigenvalue weighted by molar-refractivity contribution is 5.73. The Morgan fingerprint density at radius 3 is 2.57 bits per heavy atom. The number of hydrogen-bond donors (Lipinski definition) is 1. The second kappa shape index (κ2) is 6.28. The number of nitrogens with one attached hydrogen (secondary N) is 1. The van der Waals surface area contributed by atoms with Crippen molar-refractivity contribution in [2.45, 2.75) is 64.1 Å². The molecular formula is C15H23N3O3. The summed E-state index contributed by atoms with van der Waals surface area (Å²) in [6.45, 7) is 5.56. The van der Waals surface area contributed by atoms with Crippen molar-refractivity contribution < 1.29 is 14.3 Å². The van der Waals surface area contributed by atoms with Crippen molar-refractivity contribution in [1.29, 1.82) is 0 Å². The Kier molecular flexibility index (Phi) is 4.65. The fourth-order valence-electron chi connectivity index (χ4n) is 2.57. The van der Waals surface area contributed by atoms with E-state index in [4.69, 9.17) is 4.74 Å². The van der Waals surface area contributed by atoms with Crippen LogP contribution in [0.3, 0.4) is 0 Å². The van der Waals surface area contributed by atoms with Gasteiger partial charge in [0, 0.05) is 12.2 Å². The maximum atomic E-state index is 11.7. The third-order valence-electron chi connectivity index (χ3n) is 3.55. The normalized spacial score (nSPS) is 22.6. The van der Waals surface area contributed by atoms with E-state index in [1.807, 2.05) is 25.5 Å². The summed E-state index contributed by atoms with van der Waals surface area (Å²) in [4.78, 5) is 22.4. The second-order valence-corrected chi connectivity index (χ2v) is 6.52. The Morgan fingerprint density at radius 1 is 1.38 bits per heavy atom. The zero-order valence-electron chi connectivity index (χ0n) is 12.8. The average Bonchev–Trinajstić information content (AvgIpc) is 2.86. The van der Waals surface area contributed by atoms with Gasteiger partial charge in [0.15, 0.2) is 6.29 Å². The van der Waals surface area contributed by atoms with Crippen LogP contribution in [0.25, 0.3) is 0 Å². The van der Waals surface area contributed by atoms with Crippen LogP contribution in [0.4, 0.5) is 4.79 Å². The van der Waals surface area contributed by atoms with Gasteiger partial charge in [-0.25, -0.2) is 4.79 Å². The highest BCUT2D eigenvalue weighted by Crippen LogP contribution is 2.28. The molecule has 2 rings (SSSR count). The minimum atomic E-state index is -0.471. The molecule has 6 nitrogen and oxygen atoms in total. The van der Waals surface area contributed by atoms with E-state index in [0.717, 1.165) is 32.0 Å². The summed E-state index contributed by atoms with van der Waals surface area (Å²) in [6, 6.07) is 0.451. The number of hydrogen-bond acceptors (Lipinski definition) is 4. The number of aromatic nitrogens is 2. The largest absolute Gasteiger partial charge is 0.444 e. The van der Waals surface area contributed by atoms with Crippen LogP contribution in [0, 0.1) is 0 Å². The molecule has 1 aliphatic rings. The first-order chi connectivity index (χ1) is 9.87. The molecule has 0 bridgehead atoms. The lowest BCUT2D eigenvalue weighted by Crippen LogP contribution is -2.41. The standard InChI is InChI=1S/C15H23N3O3/c1-15(2,3)21-14(20)17-12-4-6-13(7-5-12)18-9-11(10-19)8-16-18/h8-10,12-13H,4-7H2,1-3H3,(H,17,20). The molecule has 6 heteroatoms. The van der Waals surface area contributed by atoms with E-state index < -0.39 is 5.60 Å². The molecule has 0 radical (unpaired) electrons. The smallest absolute Gasteiger partial charge is 0.407 e. The van der Waals surface area contributed by atoms with Crippen molar-refractivity contribution >= 4 is 12.4 Å². The second-order valence-electron chi connectivity index (χ2n) is 6.52. The van der Waals surface area contributed by atoms with Gasteiger partial charge >= 0.3 is 6.09 Å². The lowest BCUT2D eigenvalue weighted by atomic mass is 9.91. The van der Waals surface area contributed by atoms with Crippen molar-refractivity contribution in [3.8, 4) is 0 Å². The predicted molar refractivity (Wildman–Crippen MR) is 78.3 cm³/mol. The van der Waals surface area contributed by atoms with Crippen LogP contribution in [0.5, 0.6) is 0 Å². The zero-order chi connectivity index (χ0) is 15.5. The third-order valence-corrected chi connectivity index (χ3v) is 3.55. The van der Waals surface area contributed by atoms with Gasteiger partial charge in [-0.3, -0.25) is 9.48 Å². The van der Waals surface area contributed by atoms with Crippen molar-refractivity contribution in [3.05, 3.63) is 18.0 Å². The molecular weight excluding hydrogens is 270 g/mol. The van der Waals surface area contributed by atoms with Gasteiger partial charge in [-0.15, -0.1) is 0 Å². The molecule has 1 fully saturated rings. The molecule has 21 heavy (non-hydrogen) atoms. The van der Waals surface area contributed by atoms with Crippen molar-refractivity contribution in [2.75, 3.05) is 0 Å². The van der Waals surface area contributed by atoms with Crippen LogP contribution in [0.2, 0.25) is 0 Å². The maximum Gasteiger partial charge on any atom is 0.407 e. The summed E-state index contributed by atoms with van der Waals surface area (Å²) >= 11 is 0. The molecule has 1 aromatic rings. The van der Waals surface area contributed by atoms with Gasteiger partial charge in [-0.1, -0.05) is 0 Å².